The number of rotatable bonds is 3. The molecular formula is C15H10ClFO2. The van der Waals surface area contributed by atoms with Crippen LogP contribution in [0, 0.1) is 5.82 Å². The fourth-order valence-corrected chi connectivity index (χ4v) is 1.71. The zero-order chi connectivity index (χ0) is 13.8. The molecule has 0 aliphatic rings. The molecule has 0 aliphatic heterocycles. The molecule has 4 heteroatoms. The number of carbonyl (C=O) groups is 1. The second-order valence-electron chi connectivity index (χ2n) is 3.91. The highest BCUT2D eigenvalue weighted by molar-refractivity contribution is 6.31. The van der Waals surface area contributed by atoms with Crippen LogP contribution in [0.4, 0.5) is 4.39 Å². The smallest absolute Gasteiger partial charge is 0.189 e. The number of phenols is 1. The zero-order valence-electron chi connectivity index (χ0n) is 9.81. The molecule has 0 aliphatic carbocycles. The first-order valence-corrected chi connectivity index (χ1v) is 5.90. The zero-order valence-corrected chi connectivity index (χ0v) is 10.6. The lowest BCUT2D eigenvalue weighted by atomic mass is 10.1. The van der Waals surface area contributed by atoms with Gasteiger partial charge in [-0.15, -0.1) is 0 Å². The Hall–Kier alpha value is -2.13. The number of phenolic OH excluding ortho intramolecular Hbond substituents is 1. The molecule has 0 unspecified atom stereocenters. The number of benzene rings is 2. The number of aromatic hydroxyl groups is 1. The lowest BCUT2D eigenvalue weighted by Crippen LogP contribution is -1.94. The molecule has 1 N–H and O–H groups in total. The monoisotopic (exact) mass is 276 g/mol. The summed E-state index contributed by atoms with van der Waals surface area (Å²) in [5.74, 6) is -0.835. The van der Waals surface area contributed by atoms with Crippen molar-refractivity contribution in [2.45, 2.75) is 0 Å². The highest BCUT2D eigenvalue weighted by Crippen LogP contribution is 2.22. The Morgan fingerprint density at radius 1 is 1.16 bits per heavy atom. The van der Waals surface area contributed by atoms with E-state index in [1.165, 1.54) is 36.4 Å². The van der Waals surface area contributed by atoms with Crippen molar-refractivity contribution in [3.63, 3.8) is 0 Å². The highest BCUT2D eigenvalue weighted by atomic mass is 35.5. The Labute approximate surface area is 114 Å². The van der Waals surface area contributed by atoms with E-state index >= 15 is 0 Å². The van der Waals surface area contributed by atoms with Crippen molar-refractivity contribution in [1.82, 2.24) is 0 Å². The summed E-state index contributed by atoms with van der Waals surface area (Å²) in [7, 11) is 0. The van der Waals surface area contributed by atoms with Crippen molar-refractivity contribution in [3.05, 3.63) is 70.5 Å². The van der Waals surface area contributed by atoms with Gasteiger partial charge in [0, 0.05) is 5.02 Å². The SMILES string of the molecule is O=C(C=Cc1ccc(F)cc1)c1cc(Cl)ccc1O. The molecule has 2 aromatic carbocycles. The van der Waals surface area contributed by atoms with Crippen LogP contribution >= 0.6 is 11.6 Å². The van der Waals surface area contributed by atoms with Gasteiger partial charge in [0.25, 0.3) is 0 Å². The molecular weight excluding hydrogens is 267 g/mol. The van der Waals surface area contributed by atoms with Gasteiger partial charge in [-0.1, -0.05) is 29.8 Å². The third kappa shape index (κ3) is 3.42. The summed E-state index contributed by atoms with van der Waals surface area (Å²) in [6.45, 7) is 0. The van der Waals surface area contributed by atoms with Gasteiger partial charge in [-0.05, 0) is 42.0 Å². The number of allylic oxidation sites excluding steroid dienone is 1. The Kier molecular flexibility index (Phi) is 3.97. The molecule has 0 saturated heterocycles. The number of halogens is 2. The standard InChI is InChI=1S/C15H10ClFO2/c16-11-4-8-15(19)13(9-11)14(18)7-3-10-1-5-12(17)6-2-10/h1-9,19H. The molecule has 2 nitrogen and oxygen atoms in total. The second kappa shape index (κ2) is 5.67. The van der Waals surface area contributed by atoms with Gasteiger partial charge >= 0.3 is 0 Å². The van der Waals surface area contributed by atoms with Crippen LogP contribution in [0.5, 0.6) is 5.75 Å². The highest BCUT2D eigenvalue weighted by Gasteiger charge is 2.08. The van der Waals surface area contributed by atoms with E-state index in [0.29, 0.717) is 10.6 Å². The molecule has 0 spiro atoms. The van der Waals surface area contributed by atoms with Crippen LogP contribution in [-0.4, -0.2) is 10.9 Å². The molecule has 0 radical (unpaired) electrons. The maximum absolute atomic E-state index is 12.7. The summed E-state index contributed by atoms with van der Waals surface area (Å²) >= 11 is 5.77. The third-order valence-electron chi connectivity index (χ3n) is 2.52. The van der Waals surface area contributed by atoms with Gasteiger partial charge in [0.1, 0.15) is 11.6 Å². The number of hydrogen-bond donors (Lipinski definition) is 1. The van der Waals surface area contributed by atoms with Crippen LogP contribution in [0.2, 0.25) is 5.02 Å². The van der Waals surface area contributed by atoms with Gasteiger partial charge < -0.3 is 5.11 Å². The van der Waals surface area contributed by atoms with Crippen LogP contribution in [0.3, 0.4) is 0 Å². The molecule has 0 saturated carbocycles. The lowest BCUT2D eigenvalue weighted by Gasteiger charge is -2.00. The van der Waals surface area contributed by atoms with Crippen molar-refractivity contribution >= 4 is 23.5 Å². The van der Waals surface area contributed by atoms with Crippen molar-refractivity contribution in [2.24, 2.45) is 0 Å². The van der Waals surface area contributed by atoms with E-state index in [0.717, 1.165) is 0 Å². The predicted molar refractivity (Wildman–Crippen MR) is 72.9 cm³/mol. The molecule has 0 heterocycles. The predicted octanol–water partition coefficient (Wildman–Crippen LogP) is 4.08. The second-order valence-corrected chi connectivity index (χ2v) is 4.35. The summed E-state index contributed by atoms with van der Waals surface area (Å²) in [4.78, 5) is 11.9. The first-order valence-electron chi connectivity index (χ1n) is 5.53. The first kappa shape index (κ1) is 13.3. The summed E-state index contributed by atoms with van der Waals surface area (Å²) in [5.41, 5.74) is 0.821. The number of hydrogen-bond acceptors (Lipinski definition) is 2. The number of carbonyl (C=O) groups excluding carboxylic acids is 1. The molecule has 0 atom stereocenters. The fourth-order valence-electron chi connectivity index (χ4n) is 1.54. The molecule has 2 aromatic rings. The van der Waals surface area contributed by atoms with Crippen LogP contribution in [0.25, 0.3) is 6.08 Å². The topological polar surface area (TPSA) is 37.3 Å². The molecule has 0 bridgehead atoms. The summed E-state index contributed by atoms with van der Waals surface area (Å²) < 4.78 is 12.7. The van der Waals surface area contributed by atoms with Crippen LogP contribution < -0.4 is 0 Å². The summed E-state index contributed by atoms with van der Waals surface area (Å²) in [6.07, 6.45) is 2.85. The van der Waals surface area contributed by atoms with Gasteiger partial charge in [-0.2, -0.15) is 0 Å². The Bertz CT molecular complexity index is 633. The van der Waals surface area contributed by atoms with Gasteiger partial charge in [-0.25, -0.2) is 4.39 Å². The average molecular weight is 277 g/mol. The quantitative estimate of drug-likeness (QED) is 0.677. The van der Waals surface area contributed by atoms with Crippen LogP contribution in [0.15, 0.2) is 48.5 Å². The van der Waals surface area contributed by atoms with Gasteiger partial charge in [0.15, 0.2) is 5.78 Å². The van der Waals surface area contributed by atoms with Crippen molar-refractivity contribution < 1.29 is 14.3 Å². The molecule has 19 heavy (non-hydrogen) atoms. The van der Waals surface area contributed by atoms with E-state index in [1.54, 1.807) is 18.2 Å². The van der Waals surface area contributed by atoms with E-state index in [-0.39, 0.29) is 22.9 Å². The van der Waals surface area contributed by atoms with Crippen molar-refractivity contribution in [2.75, 3.05) is 0 Å². The van der Waals surface area contributed by atoms with Crippen molar-refractivity contribution in [1.29, 1.82) is 0 Å². The first-order chi connectivity index (χ1) is 9.06. The summed E-state index contributed by atoms with van der Waals surface area (Å²) in [5, 5.41) is 9.95. The largest absolute Gasteiger partial charge is 0.507 e. The molecule has 2 rings (SSSR count). The Morgan fingerprint density at radius 3 is 2.53 bits per heavy atom. The molecule has 0 amide bonds. The van der Waals surface area contributed by atoms with Gasteiger partial charge in [0.05, 0.1) is 5.56 Å². The lowest BCUT2D eigenvalue weighted by molar-refractivity contribution is 0.104. The van der Waals surface area contributed by atoms with E-state index in [2.05, 4.69) is 0 Å². The van der Waals surface area contributed by atoms with Crippen LogP contribution in [-0.2, 0) is 0 Å². The van der Waals surface area contributed by atoms with Gasteiger partial charge in [0.2, 0.25) is 0 Å². The minimum Gasteiger partial charge on any atom is -0.507 e. The third-order valence-corrected chi connectivity index (χ3v) is 2.76. The minimum atomic E-state index is -0.371. The maximum atomic E-state index is 12.7. The number of ketones is 1. The minimum absolute atomic E-state index is 0.127. The average Bonchev–Trinajstić information content (AvgIpc) is 2.40. The van der Waals surface area contributed by atoms with E-state index in [1.807, 2.05) is 0 Å². The van der Waals surface area contributed by atoms with E-state index in [9.17, 15) is 14.3 Å². The molecule has 0 fully saturated rings. The molecule has 96 valence electrons. The van der Waals surface area contributed by atoms with E-state index < -0.39 is 0 Å². The normalized spacial score (nSPS) is 10.8. The van der Waals surface area contributed by atoms with Crippen molar-refractivity contribution in [3.8, 4) is 5.75 Å². The summed E-state index contributed by atoms with van der Waals surface area (Å²) in [6, 6.07) is 9.97. The molecule has 0 aromatic heterocycles. The Morgan fingerprint density at radius 2 is 1.84 bits per heavy atom. The maximum Gasteiger partial charge on any atom is 0.189 e. The van der Waals surface area contributed by atoms with Gasteiger partial charge in [-0.3, -0.25) is 4.79 Å². The van der Waals surface area contributed by atoms with E-state index in [4.69, 9.17) is 11.6 Å². The fraction of sp³-hybridized carbons (Fsp3) is 0. The Balaban J connectivity index is 2.21. The van der Waals surface area contributed by atoms with Crippen LogP contribution in [0.1, 0.15) is 15.9 Å².